The van der Waals surface area contributed by atoms with Gasteiger partial charge < -0.3 is 0 Å². The number of benzene rings is 18. The lowest BCUT2D eigenvalue weighted by molar-refractivity contribution is 0.801. The van der Waals surface area contributed by atoms with Gasteiger partial charge >= 0.3 is 0 Å². The normalized spacial score (nSPS) is 12.9. The van der Waals surface area contributed by atoms with Gasteiger partial charge in [0.25, 0.3) is 0 Å². The largest absolute Gasteiger partial charge is 0.0731 e. The molecule has 2 aliphatic carbocycles. The molecule has 0 amide bonds. The van der Waals surface area contributed by atoms with Crippen LogP contribution in [-0.4, -0.2) is 0 Å². The van der Waals surface area contributed by atoms with Gasteiger partial charge in [-0.2, -0.15) is 0 Å². The molecule has 400 valence electrons. The minimum absolute atomic E-state index is 0.422. The molecule has 0 saturated heterocycles. The first-order chi connectivity index (χ1) is 43.1. The average Bonchev–Trinajstić information content (AvgIpc) is 1.57. The van der Waals surface area contributed by atoms with Gasteiger partial charge in [-0.1, -0.05) is 285 Å². The van der Waals surface area contributed by atoms with E-state index in [0.717, 1.165) is 0 Å². The van der Waals surface area contributed by atoms with Crippen molar-refractivity contribution in [3.05, 3.63) is 338 Å². The van der Waals surface area contributed by atoms with Gasteiger partial charge in [-0.25, -0.2) is 0 Å². The minimum Gasteiger partial charge on any atom is -0.0619 e. The molecule has 0 heteroatoms. The first-order valence-electron chi connectivity index (χ1n) is 30.4. The van der Waals surface area contributed by atoms with E-state index in [2.05, 4.69) is 315 Å². The Kier molecular flexibility index (Phi) is 10.2. The van der Waals surface area contributed by atoms with Crippen LogP contribution in [-0.2, 0) is 5.41 Å². The monoisotopic (exact) mass is 1100 g/mol. The van der Waals surface area contributed by atoms with E-state index in [9.17, 15) is 0 Å². The fourth-order valence-corrected chi connectivity index (χ4v) is 15.9. The van der Waals surface area contributed by atoms with Crippen molar-refractivity contribution in [1.29, 1.82) is 0 Å². The topological polar surface area (TPSA) is 0 Å². The molecule has 0 heterocycles. The number of rotatable bonds is 4. The predicted octanol–water partition coefficient (Wildman–Crippen LogP) is 23.6. The lowest BCUT2D eigenvalue weighted by Crippen LogP contribution is -2.26. The maximum Gasteiger partial charge on any atom is 0.0731 e. The Morgan fingerprint density at radius 1 is 0.161 bits per heavy atom. The van der Waals surface area contributed by atoms with Crippen LogP contribution < -0.4 is 0 Å². The Balaban J connectivity index is 0.000000131. The smallest absolute Gasteiger partial charge is 0.0619 e. The highest BCUT2D eigenvalue weighted by Gasteiger charge is 2.52. The summed E-state index contributed by atoms with van der Waals surface area (Å²) in [5, 5.41) is 23.6. The van der Waals surface area contributed by atoms with Gasteiger partial charge in [0.2, 0.25) is 0 Å². The summed E-state index contributed by atoms with van der Waals surface area (Å²) in [4.78, 5) is 0. The van der Waals surface area contributed by atoms with Crippen molar-refractivity contribution in [2.75, 3.05) is 0 Å². The molecule has 2 aliphatic rings. The van der Waals surface area contributed by atoms with Gasteiger partial charge in [-0.15, -0.1) is 0 Å². The summed E-state index contributed by atoms with van der Waals surface area (Å²) >= 11 is 0. The third kappa shape index (κ3) is 7.01. The molecular weight excluding hydrogens is 1040 g/mol. The minimum atomic E-state index is -0.422. The quantitative estimate of drug-likeness (QED) is 0.154. The van der Waals surface area contributed by atoms with Gasteiger partial charge in [-0.3, -0.25) is 0 Å². The van der Waals surface area contributed by atoms with Crippen molar-refractivity contribution in [2.45, 2.75) is 5.41 Å². The van der Waals surface area contributed by atoms with Crippen molar-refractivity contribution >= 4 is 97.0 Å². The Morgan fingerprint density at radius 3 is 1.06 bits per heavy atom. The molecule has 20 rings (SSSR count). The molecule has 0 fully saturated rings. The van der Waals surface area contributed by atoms with E-state index in [0.29, 0.717) is 0 Å². The molecule has 0 atom stereocenters. The second-order valence-electron chi connectivity index (χ2n) is 24.2. The fraction of sp³-hybridized carbons (Fsp3) is 0.0115. The van der Waals surface area contributed by atoms with E-state index in [4.69, 9.17) is 0 Å². The molecule has 1 spiro atoms. The maximum absolute atomic E-state index is 2.49. The summed E-state index contributed by atoms with van der Waals surface area (Å²) in [6, 6.07) is 118. The van der Waals surface area contributed by atoms with Crippen LogP contribution in [0.1, 0.15) is 22.3 Å². The van der Waals surface area contributed by atoms with Crippen molar-refractivity contribution in [3.63, 3.8) is 0 Å². The first kappa shape index (κ1) is 48.2. The Labute approximate surface area is 503 Å². The summed E-state index contributed by atoms with van der Waals surface area (Å²) < 4.78 is 0. The molecule has 0 aromatic heterocycles. The predicted molar refractivity (Wildman–Crippen MR) is 371 cm³/mol. The first-order valence-corrected chi connectivity index (χ1v) is 30.4. The lowest BCUT2D eigenvalue weighted by Gasteiger charge is -2.31. The van der Waals surface area contributed by atoms with E-state index in [1.807, 2.05) is 0 Å². The van der Waals surface area contributed by atoms with Gasteiger partial charge in [0.15, 0.2) is 0 Å². The Bertz CT molecular complexity index is 5650. The summed E-state index contributed by atoms with van der Waals surface area (Å²) in [6.07, 6.45) is 0. The van der Waals surface area contributed by atoms with Gasteiger partial charge in [0, 0.05) is 0 Å². The average molecular weight is 1100 g/mol. The molecule has 0 radical (unpaired) electrons. The number of hydrogen-bond acceptors (Lipinski definition) is 0. The number of hydrogen-bond donors (Lipinski definition) is 0. The fourth-order valence-electron chi connectivity index (χ4n) is 15.9. The van der Waals surface area contributed by atoms with Crippen LogP contribution in [0.5, 0.6) is 0 Å². The SMILES string of the molecule is c1cc(-c2ccc3ccc4cccc5ccc2c3c45)cc(-c2ccc3ccc4cccc5ccc2c3c45)c1.c1ccc2c(c1)-c1ccccc1C21c2cc(-c3ccc4ccccc4c3)ccc2-c2ccc3cc(-c4ccc5ccccc5c4)ccc3c21. The zero-order chi connectivity index (χ0) is 56.9. The molecule has 0 saturated carbocycles. The van der Waals surface area contributed by atoms with E-state index in [-0.39, 0.29) is 0 Å². The molecule has 0 N–H and O–H groups in total. The summed E-state index contributed by atoms with van der Waals surface area (Å²) in [5.74, 6) is 0. The van der Waals surface area contributed by atoms with Crippen LogP contribution in [0.25, 0.3) is 164 Å². The Hall–Kier alpha value is -11.2. The molecule has 0 unspecified atom stereocenters. The van der Waals surface area contributed by atoms with Gasteiger partial charge in [0.1, 0.15) is 0 Å². The van der Waals surface area contributed by atoms with Crippen molar-refractivity contribution in [3.8, 4) is 66.8 Å². The van der Waals surface area contributed by atoms with Crippen LogP contribution in [0.2, 0.25) is 0 Å². The third-order valence-corrected chi connectivity index (χ3v) is 19.8. The lowest BCUT2D eigenvalue weighted by atomic mass is 9.69. The highest BCUT2D eigenvalue weighted by molar-refractivity contribution is 6.27. The molecule has 0 aliphatic heterocycles. The van der Waals surface area contributed by atoms with Gasteiger partial charge in [-0.05, 0) is 216 Å². The second kappa shape index (κ2) is 18.4. The molecule has 18 aromatic carbocycles. The molecule has 0 bridgehead atoms. The molecule has 0 nitrogen and oxygen atoms in total. The van der Waals surface area contributed by atoms with Gasteiger partial charge in [0.05, 0.1) is 5.41 Å². The summed E-state index contributed by atoms with van der Waals surface area (Å²) in [5.41, 5.74) is 20.5. The summed E-state index contributed by atoms with van der Waals surface area (Å²) in [7, 11) is 0. The molecule has 87 heavy (non-hydrogen) atoms. The second-order valence-corrected chi connectivity index (χ2v) is 24.2. The summed E-state index contributed by atoms with van der Waals surface area (Å²) in [6.45, 7) is 0. The Morgan fingerprint density at radius 2 is 0.506 bits per heavy atom. The standard InChI is InChI=1S/C49H30.C38H22/c1-3-11-33-27-35(19-17-31(33)9-1)37-21-24-40-39(29-37)23-26-44-43-25-22-38(36-20-18-32-10-2-4-12-34(32)28-36)30-47(43)49(48(40)44)45-15-7-5-13-41(45)42-14-6-8-16-46(42)49;1-4-23-10-12-27-14-18-31(33-20-16-25(6-1)35(23)37(27)33)29-8-3-9-30(22-29)32-19-15-28-13-11-24-5-2-7-26-17-21-34(32)38(28)36(24)26/h1-30H;1-22H. The number of fused-ring (bicyclic) bond motifs is 14. The van der Waals surface area contributed by atoms with Crippen LogP contribution in [0.3, 0.4) is 0 Å². The van der Waals surface area contributed by atoms with Crippen molar-refractivity contribution in [1.82, 2.24) is 0 Å². The molecular formula is C87H52. The van der Waals surface area contributed by atoms with Crippen molar-refractivity contribution < 1.29 is 0 Å². The zero-order valence-electron chi connectivity index (χ0n) is 47.5. The maximum atomic E-state index is 2.49. The van der Waals surface area contributed by atoms with E-state index >= 15 is 0 Å². The van der Waals surface area contributed by atoms with Crippen LogP contribution in [0.15, 0.2) is 315 Å². The third-order valence-electron chi connectivity index (χ3n) is 19.8. The van der Waals surface area contributed by atoms with Crippen LogP contribution >= 0.6 is 0 Å². The van der Waals surface area contributed by atoms with E-state index < -0.39 is 5.41 Å². The highest BCUT2D eigenvalue weighted by atomic mass is 14.5. The van der Waals surface area contributed by atoms with E-state index in [1.54, 1.807) is 0 Å². The molecule has 18 aromatic rings. The van der Waals surface area contributed by atoms with Crippen LogP contribution in [0.4, 0.5) is 0 Å². The van der Waals surface area contributed by atoms with E-state index in [1.165, 1.54) is 186 Å². The highest BCUT2D eigenvalue weighted by Crippen LogP contribution is 2.64. The van der Waals surface area contributed by atoms with Crippen LogP contribution in [0, 0.1) is 0 Å². The zero-order valence-corrected chi connectivity index (χ0v) is 47.5. The van der Waals surface area contributed by atoms with Crippen molar-refractivity contribution in [2.24, 2.45) is 0 Å².